The van der Waals surface area contributed by atoms with E-state index in [1.165, 1.54) is 11.1 Å². The van der Waals surface area contributed by atoms with E-state index in [0.29, 0.717) is 0 Å². The van der Waals surface area contributed by atoms with Crippen molar-refractivity contribution in [3.05, 3.63) is 65.2 Å². The topological polar surface area (TPSA) is 33.0 Å². The number of nitrogens with zero attached hydrogens (tertiary/aromatic N) is 1. The van der Waals surface area contributed by atoms with Gasteiger partial charge < -0.3 is 4.74 Å². The molecule has 0 bridgehead atoms. The van der Waals surface area contributed by atoms with Crippen molar-refractivity contribution >= 4 is 0 Å². The Balaban J connectivity index is 1.91. The number of ether oxygens (including phenoxy) is 1. The van der Waals surface area contributed by atoms with Crippen LogP contribution in [-0.4, -0.2) is 7.11 Å². The van der Waals surface area contributed by atoms with Gasteiger partial charge in [0.25, 0.3) is 0 Å². The molecule has 0 radical (unpaired) electrons. The summed E-state index contributed by atoms with van der Waals surface area (Å²) in [4.78, 5) is 0. The zero-order valence-electron chi connectivity index (χ0n) is 12.3. The normalized spacial score (nSPS) is 20.4. The highest BCUT2D eigenvalue weighted by Crippen LogP contribution is 2.39. The molecule has 0 saturated carbocycles. The molecule has 0 heterocycles. The van der Waals surface area contributed by atoms with Gasteiger partial charge in [0, 0.05) is 0 Å². The first-order chi connectivity index (χ1) is 10.3. The number of hydrogen-bond donors (Lipinski definition) is 0. The van der Waals surface area contributed by atoms with Crippen LogP contribution in [0.1, 0.15) is 23.1 Å². The first-order valence-electron chi connectivity index (χ1n) is 7.36. The summed E-state index contributed by atoms with van der Waals surface area (Å²) in [5.41, 5.74) is 3.52. The van der Waals surface area contributed by atoms with Gasteiger partial charge in [0.1, 0.15) is 5.75 Å². The third kappa shape index (κ3) is 2.64. The van der Waals surface area contributed by atoms with E-state index in [9.17, 15) is 5.26 Å². The minimum atomic E-state index is -0.316. The fourth-order valence-corrected chi connectivity index (χ4v) is 3.30. The molecule has 2 heteroatoms. The van der Waals surface area contributed by atoms with Crippen LogP contribution in [0, 0.1) is 16.7 Å². The van der Waals surface area contributed by atoms with Crippen molar-refractivity contribution in [2.45, 2.75) is 25.7 Å². The Morgan fingerprint density at radius 1 is 1.10 bits per heavy atom. The zero-order chi connectivity index (χ0) is 14.7. The molecule has 0 aromatic heterocycles. The summed E-state index contributed by atoms with van der Waals surface area (Å²) in [7, 11) is 1.69. The van der Waals surface area contributed by atoms with Gasteiger partial charge in [0.15, 0.2) is 0 Å². The Labute approximate surface area is 126 Å². The second-order valence-corrected chi connectivity index (χ2v) is 5.83. The molecule has 1 aliphatic carbocycles. The Bertz CT molecular complexity index is 686. The van der Waals surface area contributed by atoms with E-state index in [4.69, 9.17) is 4.74 Å². The second-order valence-electron chi connectivity index (χ2n) is 5.83. The van der Waals surface area contributed by atoms with Gasteiger partial charge in [-0.15, -0.1) is 0 Å². The quantitative estimate of drug-likeness (QED) is 0.851. The van der Waals surface area contributed by atoms with E-state index in [0.717, 1.165) is 37.0 Å². The van der Waals surface area contributed by atoms with Crippen LogP contribution < -0.4 is 4.74 Å². The van der Waals surface area contributed by atoms with Crippen LogP contribution in [-0.2, 0) is 19.3 Å². The molecule has 0 N–H and O–H groups in total. The molecule has 0 amide bonds. The smallest absolute Gasteiger partial charge is 0.122 e. The van der Waals surface area contributed by atoms with Gasteiger partial charge in [0.05, 0.1) is 18.6 Å². The molecule has 106 valence electrons. The summed E-state index contributed by atoms with van der Waals surface area (Å²) in [5.74, 6) is 0.881. The van der Waals surface area contributed by atoms with Crippen molar-refractivity contribution in [3.63, 3.8) is 0 Å². The van der Waals surface area contributed by atoms with E-state index in [-0.39, 0.29) is 5.41 Å². The van der Waals surface area contributed by atoms with Crippen LogP contribution in [0.25, 0.3) is 0 Å². The summed E-state index contributed by atoms with van der Waals surface area (Å²) >= 11 is 0. The summed E-state index contributed by atoms with van der Waals surface area (Å²) in [6.45, 7) is 0. The fourth-order valence-electron chi connectivity index (χ4n) is 3.30. The van der Waals surface area contributed by atoms with Crippen molar-refractivity contribution in [2.24, 2.45) is 5.41 Å². The minimum Gasteiger partial charge on any atom is -0.496 e. The lowest BCUT2D eigenvalue weighted by atomic mass is 9.69. The van der Waals surface area contributed by atoms with Crippen LogP contribution in [0.4, 0.5) is 0 Å². The molecule has 0 aliphatic heterocycles. The number of rotatable bonds is 3. The van der Waals surface area contributed by atoms with E-state index in [2.05, 4.69) is 36.4 Å². The third-order valence-corrected chi connectivity index (χ3v) is 4.48. The number of nitriles is 1. The summed E-state index contributed by atoms with van der Waals surface area (Å²) in [6.07, 6.45) is 3.48. The molecule has 21 heavy (non-hydrogen) atoms. The maximum absolute atomic E-state index is 9.80. The molecule has 1 aliphatic rings. The molecular formula is C19H19NO. The standard InChI is InChI=1S/C19H19NO/c1-21-18-9-5-4-8-17(18)13-19(14-20)11-10-15-6-2-3-7-16(15)12-19/h2-9H,10-13H2,1H3. The number of hydrogen-bond acceptors (Lipinski definition) is 2. The van der Waals surface area contributed by atoms with E-state index in [1.807, 2.05) is 18.2 Å². The monoisotopic (exact) mass is 277 g/mol. The van der Waals surface area contributed by atoms with Crippen molar-refractivity contribution < 1.29 is 4.74 Å². The predicted molar refractivity (Wildman–Crippen MR) is 83.2 cm³/mol. The highest BCUT2D eigenvalue weighted by Gasteiger charge is 2.35. The van der Waals surface area contributed by atoms with Gasteiger partial charge in [-0.05, 0) is 48.4 Å². The maximum atomic E-state index is 9.80. The molecule has 2 aromatic carbocycles. The zero-order valence-corrected chi connectivity index (χ0v) is 12.3. The lowest BCUT2D eigenvalue weighted by Crippen LogP contribution is -2.30. The molecule has 1 atom stereocenters. The SMILES string of the molecule is COc1ccccc1CC1(C#N)CCc2ccccc2C1. The highest BCUT2D eigenvalue weighted by molar-refractivity contribution is 5.38. The summed E-state index contributed by atoms with van der Waals surface area (Å²) < 4.78 is 5.44. The van der Waals surface area contributed by atoms with Gasteiger partial charge in [0.2, 0.25) is 0 Å². The lowest BCUT2D eigenvalue weighted by molar-refractivity contribution is 0.330. The first kappa shape index (κ1) is 13.7. The van der Waals surface area contributed by atoms with Crippen molar-refractivity contribution in [3.8, 4) is 11.8 Å². The number of fused-ring (bicyclic) bond motifs is 1. The first-order valence-corrected chi connectivity index (χ1v) is 7.36. The molecule has 0 saturated heterocycles. The van der Waals surface area contributed by atoms with E-state index >= 15 is 0 Å². The average molecular weight is 277 g/mol. The fraction of sp³-hybridized carbons (Fsp3) is 0.316. The Morgan fingerprint density at radius 3 is 2.57 bits per heavy atom. The minimum absolute atomic E-state index is 0.316. The molecule has 3 rings (SSSR count). The summed E-state index contributed by atoms with van der Waals surface area (Å²) in [6, 6.07) is 19.1. The maximum Gasteiger partial charge on any atom is 0.122 e. The largest absolute Gasteiger partial charge is 0.496 e. The highest BCUT2D eigenvalue weighted by atomic mass is 16.5. The number of benzene rings is 2. The number of aryl methyl sites for hydroxylation is 1. The average Bonchev–Trinajstić information content (AvgIpc) is 2.55. The van der Waals surface area contributed by atoms with Gasteiger partial charge in [-0.25, -0.2) is 0 Å². The van der Waals surface area contributed by atoms with Gasteiger partial charge >= 0.3 is 0 Å². The van der Waals surface area contributed by atoms with Crippen molar-refractivity contribution in [1.29, 1.82) is 5.26 Å². The van der Waals surface area contributed by atoms with Crippen molar-refractivity contribution in [2.75, 3.05) is 7.11 Å². The predicted octanol–water partition coefficient (Wildman–Crippen LogP) is 3.94. The van der Waals surface area contributed by atoms with Gasteiger partial charge in [-0.1, -0.05) is 42.5 Å². The lowest BCUT2D eigenvalue weighted by Gasteiger charge is -2.32. The van der Waals surface area contributed by atoms with Crippen LogP contribution in [0.5, 0.6) is 5.75 Å². The van der Waals surface area contributed by atoms with Crippen LogP contribution in [0.3, 0.4) is 0 Å². The Kier molecular flexibility index (Phi) is 3.66. The molecule has 0 spiro atoms. The van der Waals surface area contributed by atoms with Crippen LogP contribution >= 0.6 is 0 Å². The second kappa shape index (κ2) is 5.61. The molecule has 2 nitrogen and oxygen atoms in total. The van der Waals surface area contributed by atoms with Crippen molar-refractivity contribution in [1.82, 2.24) is 0 Å². The third-order valence-electron chi connectivity index (χ3n) is 4.48. The van der Waals surface area contributed by atoms with Crippen LogP contribution in [0.15, 0.2) is 48.5 Å². The summed E-state index contributed by atoms with van der Waals surface area (Å²) in [5, 5.41) is 9.80. The molecular weight excluding hydrogens is 258 g/mol. The number of para-hydroxylation sites is 1. The Hall–Kier alpha value is -2.27. The number of methoxy groups -OCH3 is 1. The van der Waals surface area contributed by atoms with Crippen LogP contribution in [0.2, 0.25) is 0 Å². The molecule has 1 unspecified atom stereocenters. The Morgan fingerprint density at radius 2 is 1.81 bits per heavy atom. The van der Waals surface area contributed by atoms with E-state index in [1.54, 1.807) is 7.11 Å². The van der Waals surface area contributed by atoms with E-state index < -0.39 is 0 Å². The molecule has 2 aromatic rings. The van der Waals surface area contributed by atoms with Gasteiger partial charge in [-0.2, -0.15) is 5.26 Å². The molecule has 0 fully saturated rings. The van der Waals surface area contributed by atoms with Gasteiger partial charge in [-0.3, -0.25) is 0 Å².